The molecule has 0 unspecified atom stereocenters. The highest BCUT2D eigenvalue weighted by Crippen LogP contribution is 2.12. The van der Waals surface area contributed by atoms with Gasteiger partial charge in [-0.15, -0.1) is 0 Å². The topological polar surface area (TPSA) is 62.3 Å². The third-order valence-electron chi connectivity index (χ3n) is 3.53. The van der Waals surface area contributed by atoms with Gasteiger partial charge in [0.05, 0.1) is 0 Å². The molecule has 1 aromatic rings. The van der Waals surface area contributed by atoms with E-state index < -0.39 is 0 Å². The highest BCUT2D eigenvalue weighted by Gasteiger charge is 2.23. The molecule has 0 saturated carbocycles. The van der Waals surface area contributed by atoms with E-state index in [0.717, 1.165) is 24.9 Å². The van der Waals surface area contributed by atoms with E-state index in [9.17, 15) is 9.59 Å². The van der Waals surface area contributed by atoms with Crippen molar-refractivity contribution in [2.24, 2.45) is 0 Å². The van der Waals surface area contributed by atoms with Crippen molar-refractivity contribution in [2.45, 2.75) is 38.6 Å². The molecule has 0 radical (unpaired) electrons. The SMILES string of the molecule is CC(=O)N[C@H]1CCCN(C(=O)CCc2cccnc2)C1. The number of amides is 2. The number of nitrogens with one attached hydrogen (secondary N) is 1. The molecule has 2 amide bonds. The normalized spacial score (nSPS) is 18.6. The number of pyridine rings is 1. The maximum atomic E-state index is 12.2. The van der Waals surface area contributed by atoms with Crippen molar-refractivity contribution in [3.8, 4) is 0 Å². The molecular formula is C15H21N3O2. The first-order valence-corrected chi connectivity index (χ1v) is 7.09. The number of rotatable bonds is 4. The molecule has 0 aromatic carbocycles. The Bertz CT molecular complexity index is 461. The van der Waals surface area contributed by atoms with E-state index in [1.807, 2.05) is 17.0 Å². The number of aryl methyl sites for hydroxylation is 1. The Balaban J connectivity index is 1.81. The lowest BCUT2D eigenvalue weighted by atomic mass is 10.0. The van der Waals surface area contributed by atoms with E-state index in [-0.39, 0.29) is 17.9 Å². The third-order valence-corrected chi connectivity index (χ3v) is 3.53. The highest BCUT2D eigenvalue weighted by atomic mass is 16.2. The number of hydrogen-bond acceptors (Lipinski definition) is 3. The van der Waals surface area contributed by atoms with Gasteiger partial charge in [0.25, 0.3) is 0 Å². The second-order valence-corrected chi connectivity index (χ2v) is 5.24. The number of hydrogen-bond donors (Lipinski definition) is 1. The van der Waals surface area contributed by atoms with Crippen molar-refractivity contribution in [1.29, 1.82) is 0 Å². The average molecular weight is 275 g/mol. The average Bonchev–Trinajstić information content (AvgIpc) is 2.45. The van der Waals surface area contributed by atoms with E-state index in [4.69, 9.17) is 0 Å². The second kappa shape index (κ2) is 7.03. The highest BCUT2D eigenvalue weighted by molar-refractivity contribution is 5.77. The summed E-state index contributed by atoms with van der Waals surface area (Å²) in [5, 5.41) is 2.90. The molecule has 0 bridgehead atoms. The summed E-state index contributed by atoms with van der Waals surface area (Å²) in [6.07, 6.45) is 6.64. The van der Waals surface area contributed by atoms with Crippen molar-refractivity contribution in [3.63, 3.8) is 0 Å². The van der Waals surface area contributed by atoms with Gasteiger partial charge in [0.1, 0.15) is 0 Å². The third kappa shape index (κ3) is 4.33. The molecule has 1 aliphatic heterocycles. The molecule has 2 rings (SSSR count). The molecule has 1 atom stereocenters. The Labute approximate surface area is 119 Å². The lowest BCUT2D eigenvalue weighted by Gasteiger charge is -2.33. The molecule has 1 fully saturated rings. The molecule has 0 spiro atoms. The summed E-state index contributed by atoms with van der Waals surface area (Å²) in [5.74, 6) is 0.128. The minimum atomic E-state index is -0.0281. The monoisotopic (exact) mass is 275 g/mol. The van der Waals surface area contributed by atoms with Gasteiger partial charge in [-0.1, -0.05) is 6.07 Å². The fourth-order valence-electron chi connectivity index (χ4n) is 2.56. The van der Waals surface area contributed by atoms with Crippen molar-refractivity contribution in [1.82, 2.24) is 15.2 Å². The first-order chi connectivity index (χ1) is 9.65. The summed E-state index contributed by atoms with van der Waals surface area (Å²) in [5.41, 5.74) is 1.08. The second-order valence-electron chi connectivity index (χ2n) is 5.24. The van der Waals surface area contributed by atoms with E-state index in [2.05, 4.69) is 10.3 Å². The minimum absolute atomic E-state index is 0.0281. The zero-order chi connectivity index (χ0) is 14.4. The molecule has 1 saturated heterocycles. The maximum Gasteiger partial charge on any atom is 0.222 e. The summed E-state index contributed by atoms with van der Waals surface area (Å²) in [6.45, 7) is 2.94. The van der Waals surface area contributed by atoms with E-state index in [0.29, 0.717) is 19.4 Å². The van der Waals surface area contributed by atoms with Crippen LogP contribution in [-0.4, -0.2) is 40.8 Å². The summed E-state index contributed by atoms with van der Waals surface area (Å²) >= 11 is 0. The Kier molecular flexibility index (Phi) is 5.09. The molecule has 5 heteroatoms. The predicted molar refractivity (Wildman–Crippen MR) is 76.0 cm³/mol. The van der Waals surface area contributed by atoms with Crippen molar-refractivity contribution >= 4 is 11.8 Å². The molecule has 2 heterocycles. The molecule has 1 N–H and O–H groups in total. The van der Waals surface area contributed by atoms with Crippen LogP contribution < -0.4 is 5.32 Å². The van der Waals surface area contributed by atoms with Crippen LogP contribution in [0.3, 0.4) is 0 Å². The lowest BCUT2D eigenvalue weighted by Crippen LogP contribution is -2.49. The van der Waals surface area contributed by atoms with Crippen LogP contribution in [0.5, 0.6) is 0 Å². The Morgan fingerprint density at radius 1 is 1.50 bits per heavy atom. The number of carbonyl (C=O) groups is 2. The van der Waals surface area contributed by atoms with Crippen LogP contribution in [0, 0.1) is 0 Å². The predicted octanol–water partition coefficient (Wildman–Crippen LogP) is 1.14. The fraction of sp³-hybridized carbons (Fsp3) is 0.533. The quantitative estimate of drug-likeness (QED) is 0.896. The van der Waals surface area contributed by atoms with Gasteiger partial charge in [-0.3, -0.25) is 14.6 Å². The zero-order valence-corrected chi connectivity index (χ0v) is 11.8. The van der Waals surface area contributed by atoms with E-state index in [1.54, 1.807) is 12.4 Å². The van der Waals surface area contributed by atoms with Crippen LogP contribution in [0.15, 0.2) is 24.5 Å². The van der Waals surface area contributed by atoms with Crippen LogP contribution in [0.2, 0.25) is 0 Å². The van der Waals surface area contributed by atoms with Gasteiger partial charge in [-0.25, -0.2) is 0 Å². The van der Waals surface area contributed by atoms with Gasteiger partial charge in [-0.05, 0) is 30.9 Å². The van der Waals surface area contributed by atoms with Crippen LogP contribution in [-0.2, 0) is 16.0 Å². The van der Waals surface area contributed by atoms with Crippen molar-refractivity contribution < 1.29 is 9.59 Å². The van der Waals surface area contributed by atoms with Crippen LogP contribution in [0.1, 0.15) is 31.7 Å². The summed E-state index contributed by atoms with van der Waals surface area (Å²) in [7, 11) is 0. The van der Waals surface area contributed by atoms with Gasteiger partial charge in [0, 0.05) is 44.9 Å². The smallest absolute Gasteiger partial charge is 0.222 e. The Morgan fingerprint density at radius 3 is 3.05 bits per heavy atom. The maximum absolute atomic E-state index is 12.2. The van der Waals surface area contributed by atoms with Crippen LogP contribution >= 0.6 is 0 Å². The number of likely N-dealkylation sites (tertiary alicyclic amines) is 1. The van der Waals surface area contributed by atoms with E-state index in [1.165, 1.54) is 6.92 Å². The largest absolute Gasteiger partial charge is 0.352 e. The van der Waals surface area contributed by atoms with Gasteiger partial charge in [0.15, 0.2) is 0 Å². The Hall–Kier alpha value is -1.91. The minimum Gasteiger partial charge on any atom is -0.352 e. The van der Waals surface area contributed by atoms with Crippen molar-refractivity contribution in [2.75, 3.05) is 13.1 Å². The molecule has 108 valence electrons. The lowest BCUT2D eigenvalue weighted by molar-refractivity contribution is -0.133. The zero-order valence-electron chi connectivity index (χ0n) is 11.8. The summed E-state index contributed by atoms with van der Waals surface area (Å²) in [6, 6.07) is 3.97. The van der Waals surface area contributed by atoms with Gasteiger partial charge < -0.3 is 10.2 Å². The number of carbonyl (C=O) groups excluding carboxylic acids is 2. The summed E-state index contributed by atoms with van der Waals surface area (Å²) < 4.78 is 0. The molecular weight excluding hydrogens is 254 g/mol. The van der Waals surface area contributed by atoms with Crippen LogP contribution in [0.25, 0.3) is 0 Å². The van der Waals surface area contributed by atoms with Crippen LogP contribution in [0.4, 0.5) is 0 Å². The fourth-order valence-corrected chi connectivity index (χ4v) is 2.56. The van der Waals surface area contributed by atoms with Gasteiger partial charge >= 0.3 is 0 Å². The molecule has 20 heavy (non-hydrogen) atoms. The van der Waals surface area contributed by atoms with Crippen molar-refractivity contribution in [3.05, 3.63) is 30.1 Å². The Morgan fingerprint density at radius 2 is 2.35 bits per heavy atom. The standard InChI is InChI=1S/C15H21N3O2/c1-12(19)17-14-5-3-9-18(11-14)15(20)7-6-13-4-2-8-16-10-13/h2,4,8,10,14H,3,5-7,9,11H2,1H3,(H,17,19)/t14-/m0/s1. The number of piperidine rings is 1. The first kappa shape index (κ1) is 14.5. The van der Waals surface area contributed by atoms with Gasteiger partial charge in [-0.2, -0.15) is 0 Å². The van der Waals surface area contributed by atoms with Gasteiger partial charge in [0.2, 0.25) is 11.8 Å². The molecule has 1 aliphatic rings. The summed E-state index contributed by atoms with van der Waals surface area (Å²) in [4.78, 5) is 29.2. The first-order valence-electron chi connectivity index (χ1n) is 7.09. The molecule has 0 aliphatic carbocycles. The van der Waals surface area contributed by atoms with E-state index >= 15 is 0 Å². The number of nitrogens with zero attached hydrogens (tertiary/aromatic N) is 2. The number of aromatic nitrogens is 1. The molecule has 1 aromatic heterocycles. The molecule has 5 nitrogen and oxygen atoms in total.